The monoisotopic (exact) mass is 180 g/mol. The van der Waals surface area contributed by atoms with E-state index < -0.39 is 0 Å². The van der Waals surface area contributed by atoms with E-state index in [2.05, 4.69) is 11.3 Å². The smallest absolute Gasteiger partial charge is 0.0213 e. The van der Waals surface area contributed by atoms with Crippen LogP contribution in [-0.4, -0.2) is 6.04 Å². The third-order valence-electron chi connectivity index (χ3n) is 2.95. The van der Waals surface area contributed by atoms with Crippen molar-refractivity contribution in [1.82, 2.24) is 5.43 Å². The highest BCUT2D eigenvalue weighted by atomic mass is 15.2. The van der Waals surface area contributed by atoms with Crippen LogP contribution < -0.4 is 11.3 Å². The number of rotatable bonds is 6. The first-order valence-corrected chi connectivity index (χ1v) is 5.26. The molecule has 1 unspecified atom stereocenters. The lowest BCUT2D eigenvalue weighted by molar-refractivity contribution is 0.253. The Labute approximate surface area is 81.2 Å². The summed E-state index contributed by atoms with van der Waals surface area (Å²) >= 11 is 0. The quantitative estimate of drug-likeness (QED) is 0.283. The highest BCUT2D eigenvalue weighted by molar-refractivity contribution is 4.84. The van der Waals surface area contributed by atoms with E-state index in [1.54, 1.807) is 0 Å². The maximum absolute atomic E-state index is 5.48. The molecule has 0 saturated heterocycles. The van der Waals surface area contributed by atoms with Crippen molar-refractivity contribution in [3.63, 3.8) is 0 Å². The Morgan fingerprint density at radius 2 is 2.31 bits per heavy atom. The van der Waals surface area contributed by atoms with E-state index in [0.29, 0.717) is 6.04 Å². The number of nitrogens with two attached hydrogens (primary N) is 1. The highest BCUT2D eigenvalue weighted by Gasteiger charge is 2.20. The number of nitrogens with one attached hydrogen (secondary N) is 1. The van der Waals surface area contributed by atoms with Gasteiger partial charge >= 0.3 is 0 Å². The van der Waals surface area contributed by atoms with Crippen LogP contribution in [0.1, 0.15) is 44.9 Å². The maximum atomic E-state index is 5.48. The van der Waals surface area contributed by atoms with Crippen LogP contribution >= 0.6 is 0 Å². The molecule has 2 heteroatoms. The zero-order valence-corrected chi connectivity index (χ0v) is 8.26. The lowest BCUT2D eigenvalue weighted by atomic mass is 9.80. The van der Waals surface area contributed by atoms with Crippen LogP contribution in [0, 0.1) is 18.3 Å². The summed E-state index contributed by atoms with van der Waals surface area (Å²) in [7, 11) is 0. The van der Waals surface area contributed by atoms with Gasteiger partial charge in [0, 0.05) is 12.5 Å². The van der Waals surface area contributed by atoms with Gasteiger partial charge < -0.3 is 0 Å². The molecule has 0 heterocycles. The number of hydrazine groups is 1. The molecule has 0 aliphatic heterocycles. The second-order valence-corrected chi connectivity index (χ2v) is 3.99. The Bertz CT molecular complexity index is 167. The van der Waals surface area contributed by atoms with Crippen molar-refractivity contribution in [2.75, 3.05) is 0 Å². The molecule has 0 aromatic rings. The Kier molecular flexibility index (Phi) is 4.88. The number of unbranched alkanes of at least 4 members (excludes halogenated alkanes) is 1. The second kappa shape index (κ2) is 6.01. The van der Waals surface area contributed by atoms with Crippen molar-refractivity contribution >= 4 is 0 Å². The molecule has 3 N–H and O–H groups in total. The van der Waals surface area contributed by atoms with E-state index in [-0.39, 0.29) is 0 Å². The largest absolute Gasteiger partial charge is 0.271 e. The number of terminal acetylenes is 1. The normalized spacial score (nSPS) is 19.1. The molecule has 2 nitrogen and oxygen atoms in total. The van der Waals surface area contributed by atoms with Gasteiger partial charge in [-0.15, -0.1) is 12.3 Å². The van der Waals surface area contributed by atoms with Crippen LogP contribution in [0.15, 0.2) is 0 Å². The van der Waals surface area contributed by atoms with E-state index in [0.717, 1.165) is 25.2 Å². The minimum absolute atomic E-state index is 0.485. The summed E-state index contributed by atoms with van der Waals surface area (Å²) in [6.07, 6.45) is 13.7. The molecule has 1 fully saturated rings. The molecule has 0 spiro atoms. The number of hydrogen-bond donors (Lipinski definition) is 2. The topological polar surface area (TPSA) is 38.0 Å². The summed E-state index contributed by atoms with van der Waals surface area (Å²) in [5, 5.41) is 0. The van der Waals surface area contributed by atoms with Crippen LogP contribution in [0.5, 0.6) is 0 Å². The molecule has 1 saturated carbocycles. The van der Waals surface area contributed by atoms with Gasteiger partial charge in [0.2, 0.25) is 0 Å². The zero-order valence-electron chi connectivity index (χ0n) is 8.26. The summed E-state index contributed by atoms with van der Waals surface area (Å²) in [4.78, 5) is 0. The van der Waals surface area contributed by atoms with Gasteiger partial charge in [-0.3, -0.25) is 11.3 Å². The van der Waals surface area contributed by atoms with Gasteiger partial charge in [0.25, 0.3) is 0 Å². The fraction of sp³-hybridized carbons (Fsp3) is 0.818. The first-order valence-electron chi connectivity index (χ1n) is 5.26. The van der Waals surface area contributed by atoms with Crippen molar-refractivity contribution in [3.05, 3.63) is 0 Å². The Balaban J connectivity index is 2.07. The first kappa shape index (κ1) is 10.6. The minimum atomic E-state index is 0.485. The molecule has 1 aliphatic carbocycles. The number of hydrogen-bond acceptors (Lipinski definition) is 2. The summed E-state index contributed by atoms with van der Waals surface area (Å²) in [5.74, 6) is 9.06. The molecule has 1 atom stereocenters. The third-order valence-corrected chi connectivity index (χ3v) is 2.95. The Hall–Kier alpha value is -0.520. The van der Waals surface area contributed by atoms with Gasteiger partial charge in [0.05, 0.1) is 0 Å². The van der Waals surface area contributed by atoms with Crippen LogP contribution in [0.25, 0.3) is 0 Å². The minimum Gasteiger partial charge on any atom is -0.271 e. The highest BCUT2D eigenvalue weighted by Crippen LogP contribution is 2.31. The van der Waals surface area contributed by atoms with E-state index in [1.807, 2.05) is 0 Å². The third kappa shape index (κ3) is 3.80. The van der Waals surface area contributed by atoms with Crippen molar-refractivity contribution in [3.8, 4) is 12.3 Å². The van der Waals surface area contributed by atoms with E-state index in [9.17, 15) is 0 Å². The standard InChI is InChI=1S/C11H20N2/c1-2-3-4-8-11(13-12)9-10-6-5-7-10/h1,10-11,13H,3-9,12H2. The van der Waals surface area contributed by atoms with Crippen LogP contribution in [0.2, 0.25) is 0 Å². The van der Waals surface area contributed by atoms with Crippen LogP contribution in [-0.2, 0) is 0 Å². The zero-order chi connectivity index (χ0) is 9.52. The van der Waals surface area contributed by atoms with Crippen molar-refractivity contribution in [1.29, 1.82) is 0 Å². The molecule has 74 valence electrons. The molecule has 0 aromatic heterocycles. The molecular weight excluding hydrogens is 160 g/mol. The van der Waals surface area contributed by atoms with Crippen molar-refractivity contribution < 1.29 is 0 Å². The Morgan fingerprint density at radius 3 is 2.77 bits per heavy atom. The predicted octanol–water partition coefficient (Wildman–Crippen LogP) is 1.81. The lowest BCUT2D eigenvalue weighted by Crippen LogP contribution is -2.37. The van der Waals surface area contributed by atoms with Crippen molar-refractivity contribution in [2.45, 2.75) is 51.0 Å². The molecule has 1 rings (SSSR count). The molecule has 0 amide bonds. The first-order chi connectivity index (χ1) is 6.36. The van der Waals surface area contributed by atoms with Gasteiger partial charge in [-0.05, 0) is 25.2 Å². The summed E-state index contributed by atoms with van der Waals surface area (Å²) in [6.45, 7) is 0. The molecule has 13 heavy (non-hydrogen) atoms. The van der Waals surface area contributed by atoms with Crippen LogP contribution in [0.3, 0.4) is 0 Å². The average molecular weight is 180 g/mol. The summed E-state index contributed by atoms with van der Waals surface area (Å²) < 4.78 is 0. The van der Waals surface area contributed by atoms with E-state index in [1.165, 1.54) is 25.7 Å². The maximum Gasteiger partial charge on any atom is 0.0213 e. The van der Waals surface area contributed by atoms with Gasteiger partial charge in [-0.2, -0.15) is 0 Å². The SMILES string of the molecule is C#CCCCC(CC1CCC1)NN. The van der Waals surface area contributed by atoms with Gasteiger partial charge in [-0.25, -0.2) is 0 Å². The molecule has 1 aliphatic rings. The second-order valence-electron chi connectivity index (χ2n) is 3.99. The van der Waals surface area contributed by atoms with Gasteiger partial charge in [0.1, 0.15) is 0 Å². The molecule has 0 aromatic carbocycles. The van der Waals surface area contributed by atoms with Crippen molar-refractivity contribution in [2.24, 2.45) is 11.8 Å². The lowest BCUT2D eigenvalue weighted by Gasteiger charge is -2.29. The molecule has 0 radical (unpaired) electrons. The molecule has 0 bridgehead atoms. The van der Waals surface area contributed by atoms with E-state index >= 15 is 0 Å². The summed E-state index contributed by atoms with van der Waals surface area (Å²) in [6, 6.07) is 0.485. The Morgan fingerprint density at radius 1 is 1.54 bits per heavy atom. The molecular formula is C11H20N2. The predicted molar refractivity (Wildman–Crippen MR) is 55.8 cm³/mol. The fourth-order valence-corrected chi connectivity index (χ4v) is 1.85. The van der Waals surface area contributed by atoms with Crippen LogP contribution in [0.4, 0.5) is 0 Å². The van der Waals surface area contributed by atoms with Gasteiger partial charge in [-0.1, -0.05) is 19.3 Å². The fourth-order valence-electron chi connectivity index (χ4n) is 1.85. The van der Waals surface area contributed by atoms with E-state index in [4.69, 9.17) is 12.3 Å². The average Bonchev–Trinajstić information content (AvgIpc) is 2.08. The summed E-state index contributed by atoms with van der Waals surface area (Å²) in [5.41, 5.74) is 2.89. The van der Waals surface area contributed by atoms with Gasteiger partial charge in [0.15, 0.2) is 0 Å².